The van der Waals surface area contributed by atoms with Crippen LogP contribution in [0, 0.1) is 0 Å². The summed E-state index contributed by atoms with van der Waals surface area (Å²) in [6.07, 6.45) is 1.22. The second-order valence-corrected chi connectivity index (χ2v) is 2.56. The minimum atomic E-state index is -0.154. The number of methoxy groups -OCH3 is 1. The van der Waals surface area contributed by atoms with Crippen LogP contribution in [0.1, 0.15) is 12.0 Å². The third-order valence-electron chi connectivity index (χ3n) is 1.69. The van der Waals surface area contributed by atoms with Gasteiger partial charge in [0.1, 0.15) is 0 Å². The van der Waals surface area contributed by atoms with Gasteiger partial charge in [0.25, 0.3) is 0 Å². The Bertz CT molecular complexity index is 244. The van der Waals surface area contributed by atoms with Crippen molar-refractivity contribution in [3.05, 3.63) is 35.9 Å². The van der Waals surface area contributed by atoms with Gasteiger partial charge in [0.15, 0.2) is 0 Å². The number of benzene rings is 1. The van der Waals surface area contributed by atoms with E-state index < -0.39 is 0 Å². The summed E-state index contributed by atoms with van der Waals surface area (Å²) in [6, 6.07) is 9.90. The fourth-order valence-corrected chi connectivity index (χ4v) is 0.993. The van der Waals surface area contributed by atoms with E-state index in [9.17, 15) is 4.79 Å². The first-order chi connectivity index (χ1) is 5.83. The molecule has 0 bridgehead atoms. The number of carbonyl (C=O) groups is 1. The van der Waals surface area contributed by atoms with Crippen molar-refractivity contribution < 1.29 is 15.0 Å². The minimum Gasteiger partial charge on any atom is -0.469 e. The predicted molar refractivity (Wildman–Crippen MR) is 50.4 cm³/mol. The molecule has 0 unspecified atom stereocenters. The average molecular weight is 182 g/mol. The van der Waals surface area contributed by atoms with Crippen molar-refractivity contribution in [2.45, 2.75) is 12.8 Å². The molecule has 0 spiro atoms. The number of hydrogen-bond donors (Lipinski definition) is 0. The van der Waals surface area contributed by atoms with E-state index in [1.54, 1.807) is 0 Å². The molecule has 0 atom stereocenters. The van der Waals surface area contributed by atoms with Gasteiger partial charge in [0, 0.05) is 6.42 Å². The summed E-state index contributed by atoms with van der Waals surface area (Å²) in [5, 5.41) is 0. The number of hydrogen-bond acceptors (Lipinski definition) is 2. The molecule has 13 heavy (non-hydrogen) atoms. The molecule has 0 fully saturated rings. The molecule has 0 aliphatic heterocycles. The number of ether oxygens (including phenoxy) is 1. The van der Waals surface area contributed by atoms with Crippen molar-refractivity contribution in [2.75, 3.05) is 7.11 Å². The summed E-state index contributed by atoms with van der Waals surface area (Å²) < 4.78 is 4.53. The van der Waals surface area contributed by atoms with Gasteiger partial charge >= 0.3 is 5.97 Å². The Hall–Kier alpha value is -1.35. The molecule has 1 aromatic rings. The van der Waals surface area contributed by atoms with Crippen LogP contribution < -0.4 is 0 Å². The van der Waals surface area contributed by atoms with E-state index >= 15 is 0 Å². The summed E-state index contributed by atoms with van der Waals surface area (Å²) in [7, 11) is 1.41. The molecule has 0 amide bonds. The quantitative estimate of drug-likeness (QED) is 0.654. The molecule has 2 N–H and O–H groups in total. The zero-order chi connectivity index (χ0) is 8.81. The van der Waals surface area contributed by atoms with Gasteiger partial charge in [-0.1, -0.05) is 30.3 Å². The average Bonchev–Trinajstić information content (AvgIpc) is 2.16. The Morgan fingerprint density at radius 3 is 2.46 bits per heavy atom. The zero-order valence-corrected chi connectivity index (χ0v) is 7.62. The van der Waals surface area contributed by atoms with Crippen LogP contribution in [0.5, 0.6) is 0 Å². The molecule has 3 nitrogen and oxygen atoms in total. The Balaban J connectivity index is 0.00000144. The second kappa shape index (κ2) is 6.20. The number of carbonyl (C=O) groups excluding carboxylic acids is 1. The van der Waals surface area contributed by atoms with Crippen LogP contribution in [0.4, 0.5) is 0 Å². The number of aryl methyl sites for hydroxylation is 1. The molecule has 1 rings (SSSR count). The minimum absolute atomic E-state index is 0. The van der Waals surface area contributed by atoms with E-state index in [2.05, 4.69) is 4.74 Å². The highest BCUT2D eigenvalue weighted by atomic mass is 16.5. The summed E-state index contributed by atoms with van der Waals surface area (Å²) >= 11 is 0. The van der Waals surface area contributed by atoms with Crippen molar-refractivity contribution in [2.24, 2.45) is 0 Å². The van der Waals surface area contributed by atoms with Gasteiger partial charge in [0.05, 0.1) is 7.11 Å². The molecular formula is C10H14O3. The third kappa shape index (κ3) is 4.28. The third-order valence-corrected chi connectivity index (χ3v) is 1.69. The first-order valence-electron chi connectivity index (χ1n) is 3.93. The normalized spacial score (nSPS) is 8.69. The topological polar surface area (TPSA) is 57.8 Å². The Morgan fingerprint density at radius 2 is 1.92 bits per heavy atom. The number of rotatable bonds is 3. The summed E-state index contributed by atoms with van der Waals surface area (Å²) in [5.41, 5.74) is 1.17. The van der Waals surface area contributed by atoms with Crippen LogP contribution in [0.15, 0.2) is 30.3 Å². The van der Waals surface area contributed by atoms with Gasteiger partial charge in [0.2, 0.25) is 0 Å². The monoisotopic (exact) mass is 182 g/mol. The summed E-state index contributed by atoms with van der Waals surface area (Å²) in [4.78, 5) is 10.8. The summed E-state index contributed by atoms with van der Waals surface area (Å²) in [6.45, 7) is 0. The van der Waals surface area contributed by atoms with E-state index in [1.165, 1.54) is 12.7 Å². The second-order valence-electron chi connectivity index (χ2n) is 2.56. The molecule has 0 saturated heterocycles. The van der Waals surface area contributed by atoms with E-state index in [0.29, 0.717) is 6.42 Å². The molecule has 0 radical (unpaired) electrons. The molecule has 0 aliphatic carbocycles. The molecule has 72 valence electrons. The highest BCUT2D eigenvalue weighted by Gasteiger charge is 1.99. The highest BCUT2D eigenvalue weighted by molar-refractivity contribution is 5.69. The predicted octanol–water partition coefficient (Wildman–Crippen LogP) is 0.967. The molecule has 0 saturated carbocycles. The Morgan fingerprint density at radius 1 is 1.31 bits per heavy atom. The van der Waals surface area contributed by atoms with E-state index in [-0.39, 0.29) is 11.4 Å². The van der Waals surface area contributed by atoms with Crippen molar-refractivity contribution in [1.29, 1.82) is 0 Å². The maximum Gasteiger partial charge on any atom is 0.305 e. The molecular weight excluding hydrogens is 168 g/mol. The standard InChI is InChI=1S/C10H12O2.H2O/c1-12-10(11)8-7-9-5-3-2-4-6-9;/h2-6H,7-8H2,1H3;1H2. The van der Waals surface area contributed by atoms with Gasteiger partial charge in [-0.2, -0.15) is 0 Å². The molecule has 1 aromatic carbocycles. The van der Waals surface area contributed by atoms with Crippen LogP contribution in [0.2, 0.25) is 0 Å². The van der Waals surface area contributed by atoms with Crippen molar-refractivity contribution >= 4 is 5.97 Å². The van der Waals surface area contributed by atoms with E-state index in [0.717, 1.165) is 6.42 Å². The van der Waals surface area contributed by atoms with Gasteiger partial charge < -0.3 is 10.2 Å². The fraction of sp³-hybridized carbons (Fsp3) is 0.300. The molecule has 0 aliphatic rings. The summed E-state index contributed by atoms with van der Waals surface area (Å²) in [5.74, 6) is -0.154. The van der Waals surface area contributed by atoms with Gasteiger partial charge in [-0.3, -0.25) is 4.79 Å². The van der Waals surface area contributed by atoms with E-state index in [4.69, 9.17) is 0 Å². The van der Waals surface area contributed by atoms with Crippen molar-refractivity contribution in [3.8, 4) is 0 Å². The lowest BCUT2D eigenvalue weighted by Crippen LogP contribution is -2.01. The van der Waals surface area contributed by atoms with E-state index in [1.807, 2.05) is 30.3 Å². The van der Waals surface area contributed by atoms with Gasteiger partial charge in [-0.25, -0.2) is 0 Å². The SMILES string of the molecule is COC(=O)CCc1ccccc1.O. The first kappa shape index (κ1) is 11.6. The number of esters is 1. The fourth-order valence-electron chi connectivity index (χ4n) is 0.993. The molecule has 0 aromatic heterocycles. The molecule has 3 heteroatoms. The smallest absolute Gasteiger partial charge is 0.305 e. The lowest BCUT2D eigenvalue weighted by Gasteiger charge is -1.98. The van der Waals surface area contributed by atoms with Crippen LogP contribution in [-0.4, -0.2) is 18.6 Å². The Labute approximate surface area is 77.6 Å². The highest BCUT2D eigenvalue weighted by Crippen LogP contribution is 2.02. The lowest BCUT2D eigenvalue weighted by molar-refractivity contribution is -0.140. The van der Waals surface area contributed by atoms with Crippen LogP contribution >= 0.6 is 0 Å². The zero-order valence-electron chi connectivity index (χ0n) is 7.62. The van der Waals surface area contributed by atoms with Gasteiger partial charge in [-0.05, 0) is 12.0 Å². The van der Waals surface area contributed by atoms with Crippen molar-refractivity contribution in [3.63, 3.8) is 0 Å². The maximum absolute atomic E-state index is 10.8. The van der Waals surface area contributed by atoms with Crippen LogP contribution in [0.3, 0.4) is 0 Å². The largest absolute Gasteiger partial charge is 0.469 e. The first-order valence-corrected chi connectivity index (χ1v) is 3.93. The van der Waals surface area contributed by atoms with Crippen molar-refractivity contribution in [1.82, 2.24) is 0 Å². The maximum atomic E-state index is 10.8. The Kier molecular flexibility index (Phi) is 5.55. The van der Waals surface area contributed by atoms with Gasteiger partial charge in [-0.15, -0.1) is 0 Å². The molecule has 0 heterocycles. The lowest BCUT2D eigenvalue weighted by atomic mass is 10.1. The van der Waals surface area contributed by atoms with Crippen LogP contribution in [0.25, 0.3) is 0 Å². The van der Waals surface area contributed by atoms with Crippen LogP contribution in [-0.2, 0) is 16.0 Å².